The number of carbonyl (C=O) groups is 4. The van der Waals surface area contributed by atoms with E-state index in [0.717, 1.165) is 19.3 Å². The molecule has 33 heavy (non-hydrogen) atoms. The minimum Gasteiger partial charge on any atom is -0.494 e. The number of hydrogen-bond donors (Lipinski definition) is 4. The SMILES string of the molecule is CCCCCCOc1ccc(C(=O)NNC(=O)c2cc(NC(C)=O)cc(NC(C)=O)c2)cc1. The quantitative estimate of drug-likeness (QED) is 0.322. The van der Waals surface area contributed by atoms with Crippen LogP contribution in [-0.4, -0.2) is 30.2 Å². The fourth-order valence-electron chi connectivity index (χ4n) is 2.99. The van der Waals surface area contributed by atoms with Crippen molar-refractivity contribution in [3.8, 4) is 5.75 Å². The van der Waals surface area contributed by atoms with E-state index in [-0.39, 0.29) is 17.4 Å². The number of hydrazine groups is 1. The zero-order chi connectivity index (χ0) is 24.2. The largest absolute Gasteiger partial charge is 0.494 e. The van der Waals surface area contributed by atoms with Crippen molar-refractivity contribution in [2.75, 3.05) is 17.2 Å². The molecule has 176 valence electrons. The van der Waals surface area contributed by atoms with Crippen molar-refractivity contribution in [1.29, 1.82) is 0 Å². The number of unbranched alkanes of at least 4 members (excludes halogenated alkanes) is 3. The highest BCUT2D eigenvalue weighted by Gasteiger charge is 2.13. The molecule has 9 heteroatoms. The highest BCUT2D eigenvalue weighted by atomic mass is 16.5. The van der Waals surface area contributed by atoms with E-state index >= 15 is 0 Å². The van der Waals surface area contributed by atoms with Gasteiger partial charge in [0, 0.05) is 36.3 Å². The van der Waals surface area contributed by atoms with Crippen LogP contribution in [0.4, 0.5) is 11.4 Å². The maximum atomic E-state index is 12.5. The second-order valence-corrected chi connectivity index (χ2v) is 7.50. The van der Waals surface area contributed by atoms with Gasteiger partial charge < -0.3 is 15.4 Å². The molecule has 2 rings (SSSR count). The van der Waals surface area contributed by atoms with Gasteiger partial charge in [0.05, 0.1) is 6.61 Å². The smallest absolute Gasteiger partial charge is 0.269 e. The molecule has 0 aliphatic rings. The minimum absolute atomic E-state index is 0.136. The molecule has 0 aliphatic carbocycles. The van der Waals surface area contributed by atoms with Crippen LogP contribution >= 0.6 is 0 Å². The fraction of sp³-hybridized carbons (Fsp3) is 0.333. The Morgan fingerprint density at radius 3 is 1.79 bits per heavy atom. The van der Waals surface area contributed by atoms with Crippen molar-refractivity contribution in [2.45, 2.75) is 46.5 Å². The summed E-state index contributed by atoms with van der Waals surface area (Å²) in [6.45, 7) is 5.43. The number of ether oxygens (including phenoxy) is 1. The van der Waals surface area contributed by atoms with E-state index in [1.807, 2.05) is 0 Å². The summed E-state index contributed by atoms with van der Waals surface area (Å²) in [6, 6.07) is 11.0. The normalized spacial score (nSPS) is 10.2. The molecule has 2 aromatic carbocycles. The molecule has 0 unspecified atom stereocenters. The first-order valence-corrected chi connectivity index (χ1v) is 10.8. The van der Waals surface area contributed by atoms with Crippen molar-refractivity contribution in [3.63, 3.8) is 0 Å². The first-order chi connectivity index (χ1) is 15.8. The minimum atomic E-state index is -0.616. The van der Waals surface area contributed by atoms with Gasteiger partial charge in [-0.2, -0.15) is 0 Å². The van der Waals surface area contributed by atoms with E-state index in [2.05, 4.69) is 28.4 Å². The van der Waals surface area contributed by atoms with Gasteiger partial charge in [-0.05, 0) is 48.9 Å². The molecule has 0 spiro atoms. The molecule has 9 nitrogen and oxygen atoms in total. The Bertz CT molecular complexity index is 955. The van der Waals surface area contributed by atoms with Crippen molar-refractivity contribution in [2.24, 2.45) is 0 Å². The van der Waals surface area contributed by atoms with Crippen LogP contribution in [0, 0.1) is 0 Å². The summed E-state index contributed by atoms with van der Waals surface area (Å²) in [5.41, 5.74) is 5.82. The van der Waals surface area contributed by atoms with Gasteiger partial charge in [-0.3, -0.25) is 30.0 Å². The number of nitrogens with one attached hydrogen (secondary N) is 4. The third-order valence-corrected chi connectivity index (χ3v) is 4.51. The predicted octanol–water partition coefficient (Wildman–Crippen LogP) is 3.64. The Hall–Kier alpha value is -3.88. The molecule has 0 fully saturated rings. The van der Waals surface area contributed by atoms with Crippen LogP contribution in [0.25, 0.3) is 0 Å². The molecule has 0 radical (unpaired) electrons. The Morgan fingerprint density at radius 2 is 1.27 bits per heavy atom. The molecule has 0 atom stereocenters. The van der Waals surface area contributed by atoms with E-state index in [1.165, 1.54) is 38.5 Å². The number of anilines is 2. The zero-order valence-electron chi connectivity index (χ0n) is 19.1. The van der Waals surface area contributed by atoms with Gasteiger partial charge in [0.1, 0.15) is 5.75 Å². The van der Waals surface area contributed by atoms with Crippen LogP contribution < -0.4 is 26.2 Å². The highest BCUT2D eigenvalue weighted by Crippen LogP contribution is 2.19. The van der Waals surface area contributed by atoms with E-state index in [1.54, 1.807) is 24.3 Å². The number of hydrogen-bond acceptors (Lipinski definition) is 5. The summed E-state index contributed by atoms with van der Waals surface area (Å²) in [4.78, 5) is 47.6. The first-order valence-electron chi connectivity index (χ1n) is 10.8. The van der Waals surface area contributed by atoms with E-state index < -0.39 is 11.8 Å². The lowest BCUT2D eigenvalue weighted by atomic mass is 10.1. The lowest BCUT2D eigenvalue weighted by Gasteiger charge is -2.12. The topological polar surface area (TPSA) is 126 Å². The van der Waals surface area contributed by atoms with Gasteiger partial charge in [-0.15, -0.1) is 0 Å². The lowest BCUT2D eigenvalue weighted by molar-refractivity contribution is -0.115. The van der Waals surface area contributed by atoms with Crippen molar-refractivity contribution >= 4 is 35.0 Å². The number of amides is 4. The molecule has 0 aromatic heterocycles. The van der Waals surface area contributed by atoms with Crippen LogP contribution in [0.5, 0.6) is 5.75 Å². The van der Waals surface area contributed by atoms with Gasteiger partial charge in [0.2, 0.25) is 11.8 Å². The number of rotatable bonds is 10. The summed E-state index contributed by atoms with van der Waals surface area (Å²) in [7, 11) is 0. The highest BCUT2D eigenvalue weighted by molar-refractivity contribution is 6.02. The molecule has 0 saturated carbocycles. The third-order valence-electron chi connectivity index (χ3n) is 4.51. The molecule has 4 amide bonds. The van der Waals surface area contributed by atoms with E-state index in [9.17, 15) is 19.2 Å². The summed E-state index contributed by atoms with van der Waals surface area (Å²) >= 11 is 0. The second kappa shape index (κ2) is 12.8. The van der Waals surface area contributed by atoms with E-state index in [4.69, 9.17) is 4.74 Å². The lowest BCUT2D eigenvalue weighted by Crippen LogP contribution is -2.41. The molecular formula is C24H30N4O5. The van der Waals surface area contributed by atoms with Crippen molar-refractivity contribution in [1.82, 2.24) is 10.9 Å². The molecule has 4 N–H and O–H groups in total. The maximum Gasteiger partial charge on any atom is 0.269 e. The van der Waals surface area contributed by atoms with Crippen LogP contribution in [0.3, 0.4) is 0 Å². The molecule has 0 aliphatic heterocycles. The van der Waals surface area contributed by atoms with Gasteiger partial charge >= 0.3 is 0 Å². The van der Waals surface area contributed by atoms with Crippen LogP contribution in [0.15, 0.2) is 42.5 Å². The molecule has 0 bridgehead atoms. The standard InChI is InChI=1S/C24H30N4O5/c1-4-5-6-7-12-33-22-10-8-18(9-11-22)23(31)27-28-24(32)19-13-20(25-16(2)29)15-21(14-19)26-17(3)30/h8-11,13-15H,4-7,12H2,1-3H3,(H,25,29)(H,26,30)(H,27,31)(H,28,32). The Labute approximate surface area is 193 Å². The van der Waals surface area contributed by atoms with Crippen molar-refractivity contribution < 1.29 is 23.9 Å². The Kier molecular flexibility index (Phi) is 9.88. The molecule has 0 heterocycles. The summed E-state index contributed by atoms with van der Waals surface area (Å²) in [6.07, 6.45) is 4.45. The molecule has 2 aromatic rings. The Morgan fingerprint density at radius 1 is 0.727 bits per heavy atom. The number of carbonyl (C=O) groups excluding carboxylic acids is 4. The molecule has 0 saturated heterocycles. The molecular weight excluding hydrogens is 424 g/mol. The maximum absolute atomic E-state index is 12.5. The zero-order valence-corrected chi connectivity index (χ0v) is 19.1. The van der Waals surface area contributed by atoms with Crippen LogP contribution in [0.1, 0.15) is 67.2 Å². The third kappa shape index (κ3) is 9.02. The van der Waals surface area contributed by atoms with Gasteiger partial charge in [-0.1, -0.05) is 26.2 Å². The van der Waals surface area contributed by atoms with Crippen molar-refractivity contribution in [3.05, 3.63) is 53.6 Å². The average molecular weight is 455 g/mol. The predicted molar refractivity (Wildman–Crippen MR) is 126 cm³/mol. The fourth-order valence-corrected chi connectivity index (χ4v) is 2.99. The average Bonchev–Trinajstić information content (AvgIpc) is 2.76. The van der Waals surface area contributed by atoms with Gasteiger partial charge in [-0.25, -0.2) is 0 Å². The van der Waals surface area contributed by atoms with E-state index in [0.29, 0.717) is 29.3 Å². The Balaban J connectivity index is 1.95. The number of benzene rings is 2. The summed E-state index contributed by atoms with van der Waals surface area (Å²) in [5.74, 6) is -1.11. The van der Waals surface area contributed by atoms with Crippen LogP contribution in [0.2, 0.25) is 0 Å². The summed E-state index contributed by atoms with van der Waals surface area (Å²) < 4.78 is 5.66. The second-order valence-electron chi connectivity index (χ2n) is 7.50. The summed E-state index contributed by atoms with van der Waals surface area (Å²) in [5, 5.41) is 5.13. The van der Waals surface area contributed by atoms with Crippen LogP contribution in [-0.2, 0) is 9.59 Å². The monoisotopic (exact) mass is 454 g/mol. The first kappa shape index (κ1) is 25.4. The van der Waals surface area contributed by atoms with Gasteiger partial charge in [0.15, 0.2) is 0 Å². The van der Waals surface area contributed by atoms with Gasteiger partial charge in [0.25, 0.3) is 11.8 Å².